The van der Waals surface area contributed by atoms with Crippen molar-refractivity contribution in [2.45, 2.75) is 45.1 Å². The Morgan fingerprint density at radius 2 is 1.76 bits per heavy atom. The number of nitrogens with one attached hydrogen (secondary N) is 1. The molecule has 0 aliphatic carbocycles. The fourth-order valence-corrected chi connectivity index (χ4v) is 5.12. The third-order valence-electron chi connectivity index (χ3n) is 7.02. The molecule has 2 aromatic carbocycles. The summed E-state index contributed by atoms with van der Waals surface area (Å²) in [7, 11) is 0. The monoisotopic (exact) mass is 518 g/mol. The normalized spacial score (nSPS) is 17.7. The number of nitrogens with zero attached hydrogens (tertiary/aromatic N) is 5. The quantitative estimate of drug-likeness (QED) is 0.371. The highest BCUT2D eigenvalue weighted by Gasteiger charge is 2.22. The maximum atomic E-state index is 13.1. The predicted octanol–water partition coefficient (Wildman–Crippen LogP) is 2.35. The molecule has 0 spiro atoms. The second kappa shape index (κ2) is 9.62. The Balaban J connectivity index is 1.19. The molecule has 1 saturated heterocycles. The molecule has 0 bridgehead atoms. The van der Waals surface area contributed by atoms with Crippen molar-refractivity contribution in [3.8, 4) is 23.0 Å². The molecule has 12 nitrogen and oxygen atoms in total. The van der Waals surface area contributed by atoms with E-state index in [0.717, 1.165) is 36.1 Å². The van der Waals surface area contributed by atoms with Gasteiger partial charge in [0.2, 0.25) is 13.6 Å². The highest BCUT2D eigenvalue weighted by molar-refractivity contribution is 5.83. The first-order valence-electron chi connectivity index (χ1n) is 12.6. The zero-order valence-electron chi connectivity index (χ0n) is 20.6. The molecule has 0 unspecified atom stereocenters. The van der Waals surface area contributed by atoms with Crippen LogP contribution < -0.4 is 24.5 Å². The summed E-state index contributed by atoms with van der Waals surface area (Å²) in [6.07, 6.45) is 2.14. The van der Waals surface area contributed by atoms with Gasteiger partial charge in [-0.1, -0.05) is 6.07 Å². The molecule has 0 saturated carbocycles. The average Bonchev–Trinajstić information content (AvgIpc) is 3.72. The Labute approximate surface area is 217 Å². The highest BCUT2D eigenvalue weighted by atomic mass is 16.7. The van der Waals surface area contributed by atoms with Crippen molar-refractivity contribution in [3.05, 3.63) is 63.7 Å². The molecule has 4 aromatic rings. The van der Waals surface area contributed by atoms with Crippen molar-refractivity contribution in [1.82, 2.24) is 30.1 Å². The number of H-pyrrole nitrogens is 1. The largest absolute Gasteiger partial charge is 0.454 e. The molecule has 3 aliphatic rings. The van der Waals surface area contributed by atoms with Crippen LogP contribution in [0.4, 0.5) is 0 Å². The predicted molar refractivity (Wildman–Crippen MR) is 133 cm³/mol. The first-order chi connectivity index (χ1) is 18.7. The molecule has 7 rings (SSSR count). The van der Waals surface area contributed by atoms with Crippen LogP contribution in [-0.4, -0.2) is 56.4 Å². The van der Waals surface area contributed by atoms with Gasteiger partial charge in [-0.2, -0.15) is 0 Å². The van der Waals surface area contributed by atoms with E-state index in [0.29, 0.717) is 60.3 Å². The topological polar surface area (TPSA) is 126 Å². The molecule has 0 radical (unpaired) electrons. The number of aromatic amines is 1. The molecular weight excluding hydrogens is 492 g/mol. The molecule has 196 valence electrons. The Kier molecular flexibility index (Phi) is 5.82. The molecular formula is C26H26N6O6. The minimum atomic E-state index is -0.161. The zero-order chi connectivity index (χ0) is 25.5. The smallest absolute Gasteiger partial charge is 0.252 e. The van der Waals surface area contributed by atoms with E-state index in [1.54, 1.807) is 10.7 Å². The van der Waals surface area contributed by atoms with Crippen LogP contribution in [0.5, 0.6) is 23.0 Å². The van der Waals surface area contributed by atoms with Gasteiger partial charge in [-0.3, -0.25) is 9.69 Å². The second-order valence-electron chi connectivity index (χ2n) is 9.66. The minimum absolute atomic E-state index is 0.107. The van der Waals surface area contributed by atoms with Crippen molar-refractivity contribution in [1.29, 1.82) is 0 Å². The summed E-state index contributed by atoms with van der Waals surface area (Å²) in [4.78, 5) is 18.3. The van der Waals surface area contributed by atoms with Gasteiger partial charge in [-0.25, -0.2) is 4.68 Å². The summed E-state index contributed by atoms with van der Waals surface area (Å²) in [5.41, 5.74) is 2.18. The fraction of sp³-hybridized carbons (Fsp3) is 0.385. The number of fused-ring (bicyclic) bond motifs is 3. The van der Waals surface area contributed by atoms with Gasteiger partial charge in [0.25, 0.3) is 5.56 Å². The number of pyridine rings is 1. The SMILES string of the molecule is O=c1[nH]c2cc3c(cc2cc1CN(Cc1ccc2c(c1)OCO2)Cc1nnnn1C[C@H]1CCCO1)OCO3. The van der Waals surface area contributed by atoms with E-state index in [1.165, 1.54) is 0 Å². The van der Waals surface area contributed by atoms with Crippen molar-refractivity contribution in [3.63, 3.8) is 0 Å². The molecule has 1 fully saturated rings. The molecule has 5 heterocycles. The van der Waals surface area contributed by atoms with E-state index in [-0.39, 0.29) is 25.2 Å². The standard InChI is InChI=1S/C26H26N6O6/c33-26-18(7-17-8-23-24(38-15-37-23)9-20(17)27-26)11-31(10-16-3-4-21-22(6-16)36-14-35-21)13-25-28-29-30-32(25)12-19-2-1-5-34-19/h3-4,6-9,19H,1-2,5,10-15H2,(H,27,33)/t19-/m1/s1. The van der Waals surface area contributed by atoms with E-state index < -0.39 is 0 Å². The summed E-state index contributed by atoms with van der Waals surface area (Å²) >= 11 is 0. The Bertz CT molecular complexity index is 1550. The Morgan fingerprint density at radius 3 is 2.61 bits per heavy atom. The van der Waals surface area contributed by atoms with Crippen LogP contribution >= 0.6 is 0 Å². The molecule has 3 aliphatic heterocycles. The number of hydrogen-bond donors (Lipinski definition) is 1. The zero-order valence-corrected chi connectivity index (χ0v) is 20.6. The number of hydrogen-bond acceptors (Lipinski definition) is 10. The van der Waals surface area contributed by atoms with E-state index in [2.05, 4.69) is 25.4 Å². The molecule has 2 aromatic heterocycles. The molecule has 38 heavy (non-hydrogen) atoms. The van der Waals surface area contributed by atoms with Gasteiger partial charge in [-0.05, 0) is 53.1 Å². The van der Waals surface area contributed by atoms with Crippen LogP contribution in [0.15, 0.2) is 41.2 Å². The number of aromatic nitrogens is 5. The average molecular weight is 519 g/mol. The van der Waals surface area contributed by atoms with E-state index >= 15 is 0 Å². The summed E-state index contributed by atoms with van der Waals surface area (Å²) in [6, 6.07) is 11.5. The number of benzene rings is 2. The number of ether oxygens (including phenoxy) is 5. The summed E-state index contributed by atoms with van der Waals surface area (Å²) < 4.78 is 29.6. The lowest BCUT2D eigenvalue weighted by Crippen LogP contribution is -2.29. The van der Waals surface area contributed by atoms with Gasteiger partial charge < -0.3 is 28.7 Å². The molecule has 0 amide bonds. The number of tetrazole rings is 1. The lowest BCUT2D eigenvalue weighted by molar-refractivity contribution is 0.0914. The fourth-order valence-electron chi connectivity index (χ4n) is 5.12. The van der Waals surface area contributed by atoms with Crippen molar-refractivity contribution in [2.24, 2.45) is 0 Å². The van der Waals surface area contributed by atoms with Crippen molar-refractivity contribution < 1.29 is 23.7 Å². The van der Waals surface area contributed by atoms with Crippen LogP contribution in [-0.2, 0) is 30.9 Å². The van der Waals surface area contributed by atoms with E-state index in [1.807, 2.05) is 30.3 Å². The third kappa shape index (κ3) is 4.52. The van der Waals surface area contributed by atoms with Crippen LogP contribution in [0, 0.1) is 0 Å². The third-order valence-corrected chi connectivity index (χ3v) is 7.02. The first kappa shape index (κ1) is 23.0. The lowest BCUT2D eigenvalue weighted by atomic mass is 10.1. The first-order valence-corrected chi connectivity index (χ1v) is 12.6. The van der Waals surface area contributed by atoms with E-state index in [9.17, 15) is 4.79 Å². The molecule has 1 atom stereocenters. The van der Waals surface area contributed by atoms with Crippen LogP contribution in [0.1, 0.15) is 29.8 Å². The summed E-state index contributed by atoms with van der Waals surface area (Å²) in [5, 5.41) is 13.3. The van der Waals surface area contributed by atoms with Crippen LogP contribution in [0.3, 0.4) is 0 Å². The Morgan fingerprint density at radius 1 is 0.947 bits per heavy atom. The highest BCUT2D eigenvalue weighted by Crippen LogP contribution is 2.36. The summed E-state index contributed by atoms with van der Waals surface area (Å²) in [6.45, 7) is 3.11. The van der Waals surface area contributed by atoms with Gasteiger partial charge >= 0.3 is 0 Å². The van der Waals surface area contributed by atoms with Crippen LogP contribution in [0.25, 0.3) is 10.9 Å². The lowest BCUT2D eigenvalue weighted by Gasteiger charge is -2.22. The van der Waals surface area contributed by atoms with Crippen molar-refractivity contribution in [2.75, 3.05) is 20.2 Å². The van der Waals surface area contributed by atoms with Crippen molar-refractivity contribution >= 4 is 10.9 Å². The maximum absolute atomic E-state index is 13.1. The van der Waals surface area contributed by atoms with Gasteiger partial charge in [-0.15, -0.1) is 5.10 Å². The minimum Gasteiger partial charge on any atom is -0.454 e. The van der Waals surface area contributed by atoms with Gasteiger partial charge in [0, 0.05) is 36.7 Å². The maximum Gasteiger partial charge on any atom is 0.252 e. The van der Waals surface area contributed by atoms with Crippen LogP contribution in [0.2, 0.25) is 0 Å². The van der Waals surface area contributed by atoms with Gasteiger partial charge in [0.15, 0.2) is 28.8 Å². The molecule has 12 heteroatoms. The van der Waals surface area contributed by atoms with Gasteiger partial charge in [0.1, 0.15) is 0 Å². The van der Waals surface area contributed by atoms with Gasteiger partial charge in [0.05, 0.1) is 24.7 Å². The summed E-state index contributed by atoms with van der Waals surface area (Å²) in [5.74, 6) is 3.45. The second-order valence-corrected chi connectivity index (χ2v) is 9.66. The molecule has 1 N–H and O–H groups in total. The van der Waals surface area contributed by atoms with E-state index in [4.69, 9.17) is 23.7 Å². The Hall–Kier alpha value is -4.16. The number of rotatable bonds is 8.